The normalized spacial score (nSPS) is 17.4. The Morgan fingerprint density at radius 1 is 1.19 bits per heavy atom. The third-order valence-corrected chi connectivity index (χ3v) is 4.01. The van der Waals surface area contributed by atoms with E-state index in [2.05, 4.69) is 35.1 Å². The maximum absolute atomic E-state index is 12.6. The SMILES string of the molecule is CCC[C@H]1c2cccn2CCN1C(=O)Nc1ccccc1. The van der Waals surface area contributed by atoms with E-state index >= 15 is 0 Å². The molecule has 1 aliphatic heterocycles. The summed E-state index contributed by atoms with van der Waals surface area (Å²) in [7, 11) is 0. The third kappa shape index (κ3) is 2.79. The number of rotatable bonds is 3. The van der Waals surface area contributed by atoms with Crippen LogP contribution in [0.1, 0.15) is 31.5 Å². The van der Waals surface area contributed by atoms with Gasteiger partial charge >= 0.3 is 6.03 Å². The zero-order valence-electron chi connectivity index (χ0n) is 12.3. The molecule has 0 saturated carbocycles. The Bertz CT molecular complexity index is 606. The van der Waals surface area contributed by atoms with Crippen LogP contribution >= 0.6 is 0 Å². The fourth-order valence-electron chi connectivity index (χ4n) is 3.00. The summed E-state index contributed by atoms with van der Waals surface area (Å²) in [5.41, 5.74) is 2.09. The lowest BCUT2D eigenvalue weighted by atomic mass is 10.0. The number of hydrogen-bond donors (Lipinski definition) is 1. The Kier molecular flexibility index (Phi) is 3.95. The summed E-state index contributed by atoms with van der Waals surface area (Å²) in [6.07, 6.45) is 4.15. The third-order valence-electron chi connectivity index (χ3n) is 4.01. The van der Waals surface area contributed by atoms with Gasteiger partial charge in [-0.15, -0.1) is 0 Å². The Labute approximate surface area is 125 Å². The summed E-state index contributed by atoms with van der Waals surface area (Å²) in [6, 6.07) is 14.0. The summed E-state index contributed by atoms with van der Waals surface area (Å²) in [5.74, 6) is 0. The van der Waals surface area contributed by atoms with Crippen molar-refractivity contribution < 1.29 is 4.79 Å². The van der Waals surface area contributed by atoms with Crippen LogP contribution in [0.25, 0.3) is 0 Å². The second kappa shape index (κ2) is 6.04. The van der Waals surface area contributed by atoms with Crippen LogP contribution in [0.5, 0.6) is 0 Å². The number of urea groups is 1. The van der Waals surface area contributed by atoms with Crippen LogP contribution in [-0.2, 0) is 6.54 Å². The molecule has 1 aromatic heterocycles. The zero-order valence-corrected chi connectivity index (χ0v) is 12.3. The average Bonchev–Trinajstić information content (AvgIpc) is 2.97. The monoisotopic (exact) mass is 283 g/mol. The molecule has 0 spiro atoms. The van der Waals surface area contributed by atoms with Crippen LogP contribution in [0.2, 0.25) is 0 Å². The van der Waals surface area contributed by atoms with Crippen molar-refractivity contribution in [2.24, 2.45) is 0 Å². The summed E-state index contributed by atoms with van der Waals surface area (Å²) in [5, 5.41) is 3.00. The van der Waals surface area contributed by atoms with Gasteiger partial charge < -0.3 is 14.8 Å². The maximum Gasteiger partial charge on any atom is 0.322 e. The molecule has 21 heavy (non-hydrogen) atoms. The van der Waals surface area contributed by atoms with Crippen LogP contribution in [0.15, 0.2) is 48.7 Å². The van der Waals surface area contributed by atoms with Gasteiger partial charge in [0.2, 0.25) is 0 Å². The van der Waals surface area contributed by atoms with Gasteiger partial charge in [-0.05, 0) is 30.7 Å². The first-order chi connectivity index (χ1) is 10.3. The van der Waals surface area contributed by atoms with E-state index in [1.807, 2.05) is 35.2 Å². The number of aromatic nitrogens is 1. The van der Waals surface area contributed by atoms with Gasteiger partial charge in [0, 0.05) is 30.7 Å². The lowest BCUT2D eigenvalue weighted by Crippen LogP contribution is -2.44. The molecule has 2 heterocycles. The fraction of sp³-hybridized carbons (Fsp3) is 0.353. The van der Waals surface area contributed by atoms with Gasteiger partial charge in [0.1, 0.15) is 0 Å². The number of nitrogens with zero attached hydrogens (tertiary/aromatic N) is 2. The van der Waals surface area contributed by atoms with E-state index in [1.165, 1.54) is 5.69 Å². The molecule has 3 rings (SSSR count). The molecule has 0 aliphatic carbocycles. The molecule has 1 atom stereocenters. The summed E-state index contributed by atoms with van der Waals surface area (Å²) in [6.45, 7) is 3.78. The van der Waals surface area contributed by atoms with E-state index in [4.69, 9.17) is 0 Å². The standard InChI is InChI=1S/C17H21N3O/c1-2-7-16-15-10-6-11-19(15)12-13-20(16)17(21)18-14-8-4-3-5-9-14/h3-6,8-11,16H,2,7,12-13H2,1H3,(H,18,21)/t16-/m0/s1. The van der Waals surface area contributed by atoms with E-state index in [-0.39, 0.29) is 12.1 Å². The molecule has 0 radical (unpaired) electrons. The van der Waals surface area contributed by atoms with E-state index in [9.17, 15) is 4.79 Å². The molecule has 4 nitrogen and oxygen atoms in total. The molecule has 4 heteroatoms. The van der Waals surface area contributed by atoms with Crippen molar-refractivity contribution in [2.75, 3.05) is 11.9 Å². The molecule has 2 amide bonds. The molecule has 2 aromatic rings. The number of nitrogens with one attached hydrogen (secondary N) is 1. The largest absolute Gasteiger partial charge is 0.348 e. The van der Waals surface area contributed by atoms with Crippen LogP contribution < -0.4 is 5.32 Å². The lowest BCUT2D eigenvalue weighted by Gasteiger charge is -2.37. The first-order valence-electron chi connectivity index (χ1n) is 7.57. The lowest BCUT2D eigenvalue weighted by molar-refractivity contribution is 0.163. The maximum atomic E-state index is 12.6. The van der Waals surface area contributed by atoms with Crippen molar-refractivity contribution in [1.29, 1.82) is 0 Å². The number of hydrogen-bond acceptors (Lipinski definition) is 1. The highest BCUT2D eigenvalue weighted by molar-refractivity contribution is 5.89. The van der Waals surface area contributed by atoms with E-state index in [0.29, 0.717) is 0 Å². The van der Waals surface area contributed by atoms with Crippen molar-refractivity contribution in [1.82, 2.24) is 9.47 Å². The van der Waals surface area contributed by atoms with Gasteiger partial charge in [-0.3, -0.25) is 0 Å². The fourth-order valence-corrected chi connectivity index (χ4v) is 3.00. The van der Waals surface area contributed by atoms with Gasteiger partial charge in [0.15, 0.2) is 0 Å². The Morgan fingerprint density at radius 3 is 2.76 bits per heavy atom. The number of benzene rings is 1. The van der Waals surface area contributed by atoms with Crippen LogP contribution in [0, 0.1) is 0 Å². The predicted molar refractivity (Wildman–Crippen MR) is 84.2 cm³/mol. The molecule has 0 fully saturated rings. The van der Waals surface area contributed by atoms with E-state index in [1.54, 1.807) is 0 Å². The van der Waals surface area contributed by atoms with Crippen molar-refractivity contribution >= 4 is 11.7 Å². The van der Waals surface area contributed by atoms with Crippen molar-refractivity contribution in [3.05, 3.63) is 54.4 Å². The number of amides is 2. The number of carbonyl (C=O) groups excluding carboxylic acids is 1. The molecule has 1 aromatic carbocycles. The quantitative estimate of drug-likeness (QED) is 0.912. The van der Waals surface area contributed by atoms with Gasteiger partial charge in [-0.2, -0.15) is 0 Å². The minimum absolute atomic E-state index is 0.00731. The minimum atomic E-state index is -0.00731. The summed E-state index contributed by atoms with van der Waals surface area (Å²) >= 11 is 0. The highest BCUT2D eigenvalue weighted by atomic mass is 16.2. The highest BCUT2D eigenvalue weighted by Crippen LogP contribution is 2.30. The Morgan fingerprint density at radius 2 is 2.00 bits per heavy atom. The first kappa shape index (κ1) is 13.7. The van der Waals surface area contributed by atoms with E-state index in [0.717, 1.165) is 31.6 Å². The second-order valence-electron chi connectivity index (χ2n) is 5.42. The Balaban J connectivity index is 1.79. The molecule has 1 aliphatic rings. The van der Waals surface area contributed by atoms with Crippen LogP contribution in [-0.4, -0.2) is 22.0 Å². The number of para-hydroxylation sites is 1. The average molecular weight is 283 g/mol. The van der Waals surface area contributed by atoms with Gasteiger partial charge in [-0.25, -0.2) is 4.79 Å². The van der Waals surface area contributed by atoms with Gasteiger partial charge in [0.05, 0.1) is 6.04 Å². The van der Waals surface area contributed by atoms with Crippen LogP contribution in [0.3, 0.4) is 0 Å². The number of anilines is 1. The number of fused-ring (bicyclic) bond motifs is 1. The zero-order chi connectivity index (χ0) is 14.7. The molecular weight excluding hydrogens is 262 g/mol. The van der Waals surface area contributed by atoms with Gasteiger partial charge in [-0.1, -0.05) is 31.5 Å². The molecule has 0 bridgehead atoms. The minimum Gasteiger partial charge on any atom is -0.348 e. The summed E-state index contributed by atoms with van der Waals surface area (Å²) in [4.78, 5) is 14.6. The van der Waals surface area contributed by atoms with E-state index < -0.39 is 0 Å². The topological polar surface area (TPSA) is 37.3 Å². The Hall–Kier alpha value is -2.23. The van der Waals surface area contributed by atoms with Crippen molar-refractivity contribution in [2.45, 2.75) is 32.4 Å². The summed E-state index contributed by atoms with van der Waals surface area (Å²) < 4.78 is 2.26. The van der Waals surface area contributed by atoms with Crippen molar-refractivity contribution in [3.8, 4) is 0 Å². The molecule has 1 N–H and O–H groups in total. The van der Waals surface area contributed by atoms with Gasteiger partial charge in [0.25, 0.3) is 0 Å². The van der Waals surface area contributed by atoms with Crippen molar-refractivity contribution in [3.63, 3.8) is 0 Å². The number of carbonyl (C=O) groups is 1. The van der Waals surface area contributed by atoms with Crippen LogP contribution in [0.4, 0.5) is 10.5 Å². The second-order valence-corrected chi connectivity index (χ2v) is 5.42. The molecular formula is C17H21N3O. The smallest absolute Gasteiger partial charge is 0.322 e. The molecule has 110 valence electrons. The molecule has 0 saturated heterocycles. The molecule has 0 unspecified atom stereocenters. The highest BCUT2D eigenvalue weighted by Gasteiger charge is 2.30. The first-order valence-corrected chi connectivity index (χ1v) is 7.57. The predicted octanol–water partition coefficient (Wildman–Crippen LogP) is 3.88.